The zero-order chi connectivity index (χ0) is 10.8. The Morgan fingerprint density at radius 3 is 2.71 bits per heavy atom. The highest BCUT2D eigenvalue weighted by Crippen LogP contribution is 2.19. The first-order valence-electron chi connectivity index (χ1n) is 4.60. The van der Waals surface area contributed by atoms with Gasteiger partial charge in [-0.15, -0.1) is 11.6 Å². The van der Waals surface area contributed by atoms with Crippen LogP contribution in [-0.2, 0) is 14.8 Å². The van der Waals surface area contributed by atoms with E-state index >= 15 is 0 Å². The summed E-state index contributed by atoms with van der Waals surface area (Å²) in [6.07, 6.45) is 0.803. The van der Waals surface area contributed by atoms with Gasteiger partial charge in [0.05, 0.1) is 11.4 Å². The molecule has 4 nitrogen and oxygen atoms in total. The first kappa shape index (κ1) is 12.2. The molecule has 0 saturated carbocycles. The number of alkyl halides is 1. The fraction of sp³-hybridized carbons (Fsp3) is 1.00. The molecule has 0 bridgehead atoms. The van der Waals surface area contributed by atoms with Gasteiger partial charge in [0.1, 0.15) is 0 Å². The van der Waals surface area contributed by atoms with Gasteiger partial charge in [0, 0.05) is 26.1 Å². The molecule has 1 aliphatic rings. The van der Waals surface area contributed by atoms with Gasteiger partial charge in [-0.1, -0.05) is 0 Å². The van der Waals surface area contributed by atoms with Crippen molar-refractivity contribution in [3.05, 3.63) is 0 Å². The van der Waals surface area contributed by atoms with Crippen LogP contribution in [0.3, 0.4) is 0 Å². The van der Waals surface area contributed by atoms with Crippen molar-refractivity contribution in [2.24, 2.45) is 0 Å². The van der Waals surface area contributed by atoms with E-state index in [1.165, 1.54) is 4.31 Å². The highest BCUT2D eigenvalue weighted by molar-refractivity contribution is 7.89. The zero-order valence-corrected chi connectivity index (χ0v) is 10.0. The Morgan fingerprint density at radius 2 is 2.29 bits per heavy atom. The normalized spacial score (nSPS) is 26.6. The summed E-state index contributed by atoms with van der Waals surface area (Å²) >= 11 is 5.55. The van der Waals surface area contributed by atoms with Crippen molar-refractivity contribution in [3.8, 4) is 0 Å². The highest BCUT2D eigenvalue weighted by atomic mass is 35.5. The van der Waals surface area contributed by atoms with Gasteiger partial charge in [-0.3, -0.25) is 0 Å². The maximum Gasteiger partial charge on any atom is 0.217 e. The average Bonchev–Trinajstić information content (AvgIpc) is 2.65. The maximum atomic E-state index is 11.8. The fourth-order valence-electron chi connectivity index (χ4n) is 1.46. The molecule has 0 aromatic rings. The number of methoxy groups -OCH3 is 1. The fourth-order valence-corrected chi connectivity index (χ4v) is 3.34. The molecule has 1 rings (SSSR count). The van der Waals surface area contributed by atoms with Gasteiger partial charge in [-0.05, 0) is 13.3 Å². The van der Waals surface area contributed by atoms with Gasteiger partial charge in [0.25, 0.3) is 0 Å². The number of nitrogens with zero attached hydrogens (tertiary/aromatic N) is 1. The summed E-state index contributed by atoms with van der Waals surface area (Å²) in [6, 6.07) is 0. The Kier molecular flexibility index (Phi) is 4.18. The number of ether oxygens (including phenoxy) is 1. The monoisotopic (exact) mass is 241 g/mol. The molecule has 1 fully saturated rings. The number of sulfonamides is 1. The van der Waals surface area contributed by atoms with E-state index in [1.807, 2.05) is 0 Å². The molecule has 0 aliphatic carbocycles. The molecule has 6 heteroatoms. The maximum absolute atomic E-state index is 11.8. The predicted molar refractivity (Wildman–Crippen MR) is 56.1 cm³/mol. The van der Waals surface area contributed by atoms with Gasteiger partial charge in [0.2, 0.25) is 10.0 Å². The Bertz CT molecular complexity index is 280. The van der Waals surface area contributed by atoms with E-state index in [9.17, 15) is 8.42 Å². The first-order valence-corrected chi connectivity index (χ1v) is 6.64. The van der Waals surface area contributed by atoms with Gasteiger partial charge in [-0.25, -0.2) is 8.42 Å². The molecule has 1 saturated heterocycles. The zero-order valence-electron chi connectivity index (χ0n) is 8.44. The Labute approximate surface area is 90.2 Å². The lowest BCUT2D eigenvalue weighted by Crippen LogP contribution is -2.37. The van der Waals surface area contributed by atoms with E-state index in [-0.39, 0.29) is 12.0 Å². The summed E-state index contributed by atoms with van der Waals surface area (Å²) in [4.78, 5) is 0. The van der Waals surface area contributed by atoms with Crippen molar-refractivity contribution in [1.29, 1.82) is 0 Å². The van der Waals surface area contributed by atoms with Crippen LogP contribution in [-0.4, -0.2) is 50.2 Å². The molecule has 1 aliphatic heterocycles. The summed E-state index contributed by atoms with van der Waals surface area (Å²) in [7, 11) is -1.61. The molecule has 0 aromatic heterocycles. The molecular formula is C8H16ClNO3S. The van der Waals surface area contributed by atoms with E-state index in [4.69, 9.17) is 16.3 Å². The largest absolute Gasteiger partial charge is 0.380 e. The second kappa shape index (κ2) is 4.79. The lowest BCUT2D eigenvalue weighted by atomic mass is 10.3. The molecule has 0 aromatic carbocycles. The molecule has 0 N–H and O–H groups in total. The predicted octanol–water partition coefficient (Wildman–Crippen LogP) is 0.664. The summed E-state index contributed by atoms with van der Waals surface area (Å²) in [5.74, 6) is 0.135. The molecule has 0 radical (unpaired) electrons. The second-order valence-electron chi connectivity index (χ2n) is 3.51. The van der Waals surface area contributed by atoms with Crippen molar-refractivity contribution in [3.63, 3.8) is 0 Å². The van der Waals surface area contributed by atoms with Crippen molar-refractivity contribution < 1.29 is 13.2 Å². The number of hydrogen-bond donors (Lipinski definition) is 0. The molecule has 1 heterocycles. The average molecular weight is 242 g/mol. The van der Waals surface area contributed by atoms with Crippen LogP contribution >= 0.6 is 11.6 Å². The van der Waals surface area contributed by atoms with Crippen molar-refractivity contribution in [2.45, 2.75) is 24.7 Å². The SMILES string of the molecule is COC1CCN(S(=O)(=O)C(C)CCl)C1. The Hall–Kier alpha value is 0.160. The van der Waals surface area contributed by atoms with Crippen LogP contribution < -0.4 is 0 Å². The molecule has 2 unspecified atom stereocenters. The minimum atomic E-state index is -3.21. The third kappa shape index (κ3) is 2.39. The van der Waals surface area contributed by atoms with Crippen LogP contribution in [0.1, 0.15) is 13.3 Å². The van der Waals surface area contributed by atoms with E-state index in [0.717, 1.165) is 6.42 Å². The molecule has 0 amide bonds. The van der Waals surface area contributed by atoms with Crippen LogP contribution in [0.5, 0.6) is 0 Å². The Balaban J connectivity index is 2.66. The van der Waals surface area contributed by atoms with E-state index < -0.39 is 15.3 Å². The summed E-state index contributed by atoms with van der Waals surface area (Å²) in [5.41, 5.74) is 0. The van der Waals surface area contributed by atoms with Gasteiger partial charge >= 0.3 is 0 Å². The third-order valence-electron chi connectivity index (χ3n) is 2.53. The van der Waals surface area contributed by atoms with Gasteiger partial charge in [0.15, 0.2) is 0 Å². The topological polar surface area (TPSA) is 46.6 Å². The molecule has 84 valence electrons. The van der Waals surface area contributed by atoms with Gasteiger partial charge < -0.3 is 4.74 Å². The molecule has 14 heavy (non-hydrogen) atoms. The van der Waals surface area contributed by atoms with Crippen LogP contribution in [0.15, 0.2) is 0 Å². The second-order valence-corrected chi connectivity index (χ2v) is 6.17. The van der Waals surface area contributed by atoms with Crippen LogP contribution in [0.25, 0.3) is 0 Å². The lowest BCUT2D eigenvalue weighted by molar-refractivity contribution is 0.115. The third-order valence-corrected chi connectivity index (χ3v) is 5.41. The van der Waals surface area contributed by atoms with Crippen LogP contribution in [0.4, 0.5) is 0 Å². The van der Waals surface area contributed by atoms with Crippen molar-refractivity contribution >= 4 is 21.6 Å². The van der Waals surface area contributed by atoms with Crippen LogP contribution in [0.2, 0.25) is 0 Å². The van der Waals surface area contributed by atoms with Crippen molar-refractivity contribution in [2.75, 3.05) is 26.1 Å². The summed E-state index contributed by atoms with van der Waals surface area (Å²) in [6.45, 7) is 2.63. The molecular weight excluding hydrogens is 226 g/mol. The van der Waals surface area contributed by atoms with Crippen molar-refractivity contribution in [1.82, 2.24) is 4.31 Å². The number of hydrogen-bond acceptors (Lipinski definition) is 3. The smallest absolute Gasteiger partial charge is 0.217 e. The minimum Gasteiger partial charge on any atom is -0.380 e. The number of rotatable bonds is 4. The molecule has 2 atom stereocenters. The van der Waals surface area contributed by atoms with Crippen LogP contribution in [0, 0.1) is 0 Å². The quantitative estimate of drug-likeness (QED) is 0.680. The minimum absolute atomic E-state index is 0.0345. The lowest BCUT2D eigenvalue weighted by Gasteiger charge is -2.19. The van der Waals surface area contributed by atoms with E-state index in [1.54, 1.807) is 14.0 Å². The summed E-state index contributed by atoms with van der Waals surface area (Å²) < 4.78 is 30.2. The first-order chi connectivity index (χ1) is 6.52. The Morgan fingerprint density at radius 1 is 1.64 bits per heavy atom. The summed E-state index contributed by atoms with van der Waals surface area (Å²) in [5, 5.41) is -0.514. The number of halogens is 1. The molecule has 0 spiro atoms. The van der Waals surface area contributed by atoms with E-state index in [2.05, 4.69) is 0 Å². The highest BCUT2D eigenvalue weighted by Gasteiger charge is 2.34. The van der Waals surface area contributed by atoms with E-state index in [0.29, 0.717) is 13.1 Å². The standard InChI is InChI=1S/C8H16ClNO3S/c1-7(5-9)14(11,12)10-4-3-8(6-10)13-2/h7-8H,3-6H2,1-2H3. The van der Waals surface area contributed by atoms with Gasteiger partial charge in [-0.2, -0.15) is 4.31 Å².